The summed E-state index contributed by atoms with van der Waals surface area (Å²) in [5.41, 5.74) is 3.88. The van der Waals surface area contributed by atoms with Crippen molar-refractivity contribution in [1.82, 2.24) is 0 Å². The molecule has 150 valence electrons. The van der Waals surface area contributed by atoms with E-state index in [4.69, 9.17) is 10.7 Å². The predicted molar refractivity (Wildman–Crippen MR) is 108 cm³/mol. The number of hydrogen-bond donors (Lipinski definition) is 1. The van der Waals surface area contributed by atoms with Gasteiger partial charge in [0.2, 0.25) is 0 Å². The average molecular weight is 386 g/mol. The summed E-state index contributed by atoms with van der Waals surface area (Å²) in [5, 5.41) is 1.02. The highest BCUT2D eigenvalue weighted by Gasteiger charge is 2.18. The monoisotopic (exact) mass is 386 g/mol. The van der Waals surface area contributed by atoms with Crippen LogP contribution in [0.3, 0.4) is 0 Å². The Labute approximate surface area is 165 Å². The van der Waals surface area contributed by atoms with Crippen LogP contribution in [0, 0.1) is 0 Å². The molecule has 0 unspecified atom stereocenters. The second-order valence-electron chi connectivity index (χ2n) is 5.77. The van der Waals surface area contributed by atoms with Gasteiger partial charge in [-0.2, -0.15) is 5.06 Å². The lowest BCUT2D eigenvalue weighted by molar-refractivity contribution is 0.101. The van der Waals surface area contributed by atoms with Crippen molar-refractivity contribution in [2.45, 2.75) is 20.5 Å². The maximum atomic E-state index is 11.4. The van der Waals surface area contributed by atoms with Gasteiger partial charge in [0.05, 0.1) is 26.5 Å². The molecular formula is C21H26N2O5. The van der Waals surface area contributed by atoms with Crippen LogP contribution < -0.4 is 11.0 Å². The summed E-state index contributed by atoms with van der Waals surface area (Å²) >= 11 is 0. The maximum Gasteiger partial charge on any atom is 0.438 e. The molecule has 0 aliphatic heterocycles. The number of amides is 1. The van der Waals surface area contributed by atoms with E-state index >= 15 is 0 Å². The van der Waals surface area contributed by atoms with Gasteiger partial charge in [-0.3, -0.25) is 14.5 Å². The zero-order chi connectivity index (χ0) is 21.1. The van der Waals surface area contributed by atoms with Crippen LogP contribution in [0.25, 0.3) is 5.57 Å². The third kappa shape index (κ3) is 6.31. The summed E-state index contributed by atoms with van der Waals surface area (Å²) < 4.78 is 4.58. The van der Waals surface area contributed by atoms with E-state index in [2.05, 4.69) is 16.2 Å². The summed E-state index contributed by atoms with van der Waals surface area (Å²) in [4.78, 5) is 32.0. The van der Waals surface area contributed by atoms with E-state index in [1.54, 1.807) is 25.1 Å². The fourth-order valence-electron chi connectivity index (χ4n) is 2.44. The number of nitrogens with zero attached hydrogens (tertiary/aromatic N) is 1. The normalized spacial score (nSPS) is 9.75. The molecule has 0 atom stereocenters. The molecule has 0 radical (unpaired) electrons. The number of rotatable bonds is 6. The van der Waals surface area contributed by atoms with Crippen LogP contribution in [0.15, 0.2) is 55.1 Å². The second kappa shape index (κ2) is 11.7. The summed E-state index contributed by atoms with van der Waals surface area (Å²) in [5.74, 6) is 5.10. The van der Waals surface area contributed by atoms with E-state index in [0.29, 0.717) is 5.69 Å². The smallest absolute Gasteiger partial charge is 0.438 e. The Kier molecular flexibility index (Phi) is 9.59. The van der Waals surface area contributed by atoms with Crippen molar-refractivity contribution in [2.75, 3.05) is 19.3 Å². The third-order valence-electron chi connectivity index (χ3n) is 3.74. The van der Waals surface area contributed by atoms with Crippen molar-refractivity contribution >= 4 is 23.1 Å². The number of ether oxygens (including phenoxy) is 1. The van der Waals surface area contributed by atoms with Crippen LogP contribution in [0.1, 0.15) is 35.3 Å². The number of hydrogen-bond acceptors (Lipinski definition) is 6. The number of ketones is 1. The quantitative estimate of drug-likeness (QED) is 0.593. The molecule has 2 aromatic rings. The fraction of sp³-hybridized carbons (Fsp3) is 0.238. The number of carbonyl (C=O) groups is 2. The van der Waals surface area contributed by atoms with Crippen molar-refractivity contribution in [2.24, 2.45) is 5.90 Å². The molecule has 0 spiro atoms. The van der Waals surface area contributed by atoms with Crippen molar-refractivity contribution < 1.29 is 24.0 Å². The predicted octanol–water partition coefficient (Wildman–Crippen LogP) is 4.13. The molecule has 0 aliphatic carbocycles. The van der Waals surface area contributed by atoms with Gasteiger partial charge in [0.25, 0.3) is 0 Å². The van der Waals surface area contributed by atoms with Gasteiger partial charge in [-0.15, -0.1) is 0 Å². The Bertz CT molecular complexity index is 787. The molecule has 0 bridgehead atoms. The highest BCUT2D eigenvalue weighted by Crippen LogP contribution is 2.21. The third-order valence-corrected chi connectivity index (χ3v) is 3.74. The number of carbonyl (C=O) groups excluding carboxylic acids is 2. The van der Waals surface area contributed by atoms with E-state index in [1.807, 2.05) is 37.3 Å². The van der Waals surface area contributed by atoms with E-state index in [9.17, 15) is 9.59 Å². The van der Waals surface area contributed by atoms with Crippen LogP contribution in [0.4, 0.5) is 10.5 Å². The highest BCUT2D eigenvalue weighted by atomic mass is 16.7. The minimum atomic E-state index is -0.619. The van der Waals surface area contributed by atoms with Gasteiger partial charge in [-0.25, -0.2) is 10.7 Å². The van der Waals surface area contributed by atoms with Crippen LogP contribution in [0.5, 0.6) is 0 Å². The van der Waals surface area contributed by atoms with Crippen molar-refractivity contribution in [3.63, 3.8) is 0 Å². The number of anilines is 1. The zero-order valence-electron chi connectivity index (χ0n) is 16.6. The Balaban J connectivity index is 0.000000292. The zero-order valence-corrected chi connectivity index (χ0v) is 16.6. The lowest BCUT2D eigenvalue weighted by atomic mass is 10.00. The van der Waals surface area contributed by atoms with Gasteiger partial charge in [0, 0.05) is 11.1 Å². The van der Waals surface area contributed by atoms with Gasteiger partial charge in [-0.1, -0.05) is 54.6 Å². The van der Waals surface area contributed by atoms with Gasteiger partial charge >= 0.3 is 6.09 Å². The molecule has 7 nitrogen and oxygen atoms in total. The first-order chi connectivity index (χ1) is 13.4. The number of Topliss-reactive ketones (excluding diaryl/α,β-unsaturated/α-hetero) is 1. The molecule has 1 amide bonds. The van der Waals surface area contributed by atoms with E-state index in [-0.39, 0.29) is 12.4 Å². The molecule has 0 saturated heterocycles. The Morgan fingerprint density at radius 2 is 1.57 bits per heavy atom. The summed E-state index contributed by atoms with van der Waals surface area (Å²) in [7, 11) is 2.65. The van der Waals surface area contributed by atoms with Crippen molar-refractivity contribution in [3.05, 3.63) is 71.8 Å². The molecule has 2 aromatic carbocycles. The van der Waals surface area contributed by atoms with Crippen LogP contribution in [-0.2, 0) is 21.0 Å². The molecule has 0 saturated carbocycles. The van der Waals surface area contributed by atoms with Gasteiger partial charge < -0.3 is 4.74 Å². The summed E-state index contributed by atoms with van der Waals surface area (Å²) in [6.07, 6.45) is -0.619. The SMILES string of the molecule is C=C(C)c1ccccc1C(C)=O.COC(=O)N(OC)c1ccccc1CON. The van der Waals surface area contributed by atoms with Crippen molar-refractivity contribution in [3.8, 4) is 0 Å². The van der Waals surface area contributed by atoms with E-state index < -0.39 is 6.09 Å². The first-order valence-electron chi connectivity index (χ1n) is 8.44. The standard InChI is InChI=1S/C11H12O.C10H14N2O4/c1-8(2)10-6-4-5-7-11(10)9(3)12;1-14-10(13)12(15-2)9-6-4-3-5-8(9)7-16-11/h4-7H,1H2,2-3H3;3-6H,7,11H2,1-2H3. The van der Waals surface area contributed by atoms with Gasteiger partial charge in [0.15, 0.2) is 5.78 Å². The van der Waals surface area contributed by atoms with Crippen LogP contribution >= 0.6 is 0 Å². The van der Waals surface area contributed by atoms with Gasteiger partial charge in [0.1, 0.15) is 0 Å². The molecule has 2 N–H and O–H groups in total. The Hall–Kier alpha value is -3.00. The lowest BCUT2D eigenvalue weighted by Gasteiger charge is -2.20. The summed E-state index contributed by atoms with van der Waals surface area (Å²) in [6, 6.07) is 14.6. The summed E-state index contributed by atoms with van der Waals surface area (Å²) in [6.45, 7) is 7.47. The molecule has 0 aromatic heterocycles. The topological polar surface area (TPSA) is 91.1 Å². The second-order valence-corrected chi connectivity index (χ2v) is 5.77. The van der Waals surface area contributed by atoms with E-state index in [1.165, 1.54) is 14.2 Å². The highest BCUT2D eigenvalue weighted by molar-refractivity contribution is 5.98. The minimum Gasteiger partial charge on any atom is -0.451 e. The first kappa shape index (κ1) is 23.0. The molecule has 2 rings (SSSR count). The molecule has 7 heteroatoms. The Morgan fingerprint density at radius 1 is 1.00 bits per heavy atom. The van der Waals surface area contributed by atoms with Gasteiger partial charge in [-0.05, 0) is 25.5 Å². The molecule has 0 aliphatic rings. The number of allylic oxidation sites excluding steroid dienone is 1. The fourth-order valence-corrected chi connectivity index (χ4v) is 2.44. The molecular weight excluding hydrogens is 360 g/mol. The Morgan fingerprint density at radius 3 is 2.04 bits per heavy atom. The average Bonchev–Trinajstić information content (AvgIpc) is 2.70. The minimum absolute atomic E-state index is 0.0913. The first-order valence-corrected chi connectivity index (χ1v) is 8.44. The lowest BCUT2D eigenvalue weighted by Crippen LogP contribution is -2.30. The number of hydroxylamine groups is 1. The molecule has 0 fully saturated rings. The van der Waals surface area contributed by atoms with E-state index in [0.717, 1.165) is 27.3 Å². The number of methoxy groups -OCH3 is 1. The van der Waals surface area contributed by atoms with Crippen molar-refractivity contribution in [1.29, 1.82) is 0 Å². The largest absolute Gasteiger partial charge is 0.451 e. The number of nitrogens with two attached hydrogens (primary N) is 1. The number of para-hydroxylation sites is 1. The van der Waals surface area contributed by atoms with Crippen LogP contribution in [-0.4, -0.2) is 26.1 Å². The number of benzene rings is 2. The molecule has 0 heterocycles. The molecule has 28 heavy (non-hydrogen) atoms. The maximum absolute atomic E-state index is 11.4. The van der Waals surface area contributed by atoms with Crippen LogP contribution in [0.2, 0.25) is 0 Å².